The van der Waals surface area contributed by atoms with Crippen LogP contribution in [0.25, 0.3) is 0 Å². The molecule has 1 aromatic carbocycles. The highest BCUT2D eigenvalue weighted by Gasteiger charge is 2.34. The highest BCUT2D eigenvalue weighted by Crippen LogP contribution is 2.36. The summed E-state index contributed by atoms with van der Waals surface area (Å²) in [6, 6.07) is 2.72. The summed E-state index contributed by atoms with van der Waals surface area (Å²) in [6.45, 7) is 1.24. The van der Waals surface area contributed by atoms with Crippen LogP contribution in [0, 0.1) is 0 Å². The Bertz CT molecular complexity index is 751. The summed E-state index contributed by atoms with van der Waals surface area (Å²) in [6.07, 6.45) is -4.69. The topological polar surface area (TPSA) is 90.3 Å². The number of rotatable bonds is 5. The molecular weight excluding hydrogens is 384 g/mol. The van der Waals surface area contributed by atoms with E-state index < -0.39 is 17.9 Å². The molecule has 136 valence electrons. The third-order valence-corrected chi connectivity index (χ3v) is 3.53. The number of nitrogens with one attached hydrogen (secondary N) is 2. The molecule has 0 aliphatic heterocycles. The molecule has 0 saturated heterocycles. The van der Waals surface area contributed by atoms with E-state index in [1.165, 1.54) is 12.1 Å². The van der Waals surface area contributed by atoms with Crippen LogP contribution in [0.15, 0.2) is 18.2 Å². The smallest absolute Gasteiger partial charge is 0.433 e. The largest absolute Gasteiger partial charge is 0.505 e. The van der Waals surface area contributed by atoms with Crippen LogP contribution in [0.5, 0.6) is 5.75 Å². The summed E-state index contributed by atoms with van der Waals surface area (Å²) in [5.41, 5.74) is -0.950. The van der Waals surface area contributed by atoms with Crippen LogP contribution in [-0.4, -0.2) is 32.8 Å². The maximum absolute atomic E-state index is 13.0. The van der Waals surface area contributed by atoms with Crippen molar-refractivity contribution in [2.24, 2.45) is 0 Å². The Morgan fingerprint density at radius 3 is 2.28 bits per heavy atom. The molecule has 0 spiro atoms. The van der Waals surface area contributed by atoms with Gasteiger partial charge in [0, 0.05) is 17.8 Å². The molecule has 25 heavy (non-hydrogen) atoms. The normalized spacial score (nSPS) is 12.8. The van der Waals surface area contributed by atoms with E-state index in [-0.39, 0.29) is 39.9 Å². The molecule has 0 unspecified atom stereocenters. The molecule has 11 heteroatoms. The molecule has 1 heterocycles. The van der Waals surface area contributed by atoms with E-state index in [9.17, 15) is 18.3 Å². The Hall–Kier alpha value is -1.97. The molecule has 0 amide bonds. The summed E-state index contributed by atoms with van der Waals surface area (Å²) in [7, 11) is 0. The molecule has 2 rings (SSSR count). The minimum Gasteiger partial charge on any atom is -0.505 e. The van der Waals surface area contributed by atoms with E-state index in [0.29, 0.717) is 6.07 Å². The van der Waals surface area contributed by atoms with Crippen LogP contribution < -0.4 is 10.6 Å². The number of phenols is 1. The van der Waals surface area contributed by atoms with E-state index in [1.807, 2.05) is 0 Å². The van der Waals surface area contributed by atoms with Crippen LogP contribution in [0.1, 0.15) is 12.6 Å². The molecule has 0 fully saturated rings. The number of aromatic nitrogens is 2. The first-order valence-electron chi connectivity index (χ1n) is 6.89. The van der Waals surface area contributed by atoms with Crippen molar-refractivity contribution in [1.82, 2.24) is 9.97 Å². The van der Waals surface area contributed by atoms with Crippen molar-refractivity contribution in [1.29, 1.82) is 0 Å². The zero-order valence-corrected chi connectivity index (χ0v) is 14.2. The van der Waals surface area contributed by atoms with E-state index >= 15 is 0 Å². The molecule has 2 aromatic rings. The second kappa shape index (κ2) is 7.51. The number of aromatic hydroxyl groups is 1. The van der Waals surface area contributed by atoms with Gasteiger partial charge in [0.25, 0.3) is 0 Å². The molecule has 0 bridgehead atoms. The number of benzene rings is 1. The van der Waals surface area contributed by atoms with Gasteiger partial charge in [-0.1, -0.05) is 23.2 Å². The lowest BCUT2D eigenvalue weighted by atomic mass is 10.3. The summed E-state index contributed by atoms with van der Waals surface area (Å²) in [5.74, 6) is -0.825. The summed E-state index contributed by atoms with van der Waals surface area (Å²) in [5, 5.41) is 23.6. The summed E-state index contributed by atoms with van der Waals surface area (Å²) < 4.78 is 39.0. The van der Waals surface area contributed by atoms with Crippen molar-refractivity contribution in [2.75, 3.05) is 17.2 Å². The van der Waals surface area contributed by atoms with Crippen LogP contribution in [-0.2, 0) is 6.18 Å². The minimum absolute atomic E-state index is 0.0765. The van der Waals surface area contributed by atoms with Gasteiger partial charge < -0.3 is 20.8 Å². The van der Waals surface area contributed by atoms with Gasteiger partial charge in [-0.05, 0) is 19.1 Å². The predicted octanol–water partition coefficient (Wildman–Crippen LogP) is 4.04. The second-order valence-corrected chi connectivity index (χ2v) is 5.92. The molecule has 0 radical (unpaired) electrons. The van der Waals surface area contributed by atoms with Gasteiger partial charge in [-0.15, -0.1) is 0 Å². The van der Waals surface area contributed by atoms with E-state index in [1.54, 1.807) is 6.92 Å². The molecular formula is C14H13Cl2F3N4O2. The molecule has 4 N–H and O–H groups in total. The fourth-order valence-corrected chi connectivity index (χ4v) is 2.26. The third kappa shape index (κ3) is 5.00. The van der Waals surface area contributed by atoms with Gasteiger partial charge in [-0.25, -0.2) is 4.98 Å². The van der Waals surface area contributed by atoms with Crippen LogP contribution in [0.2, 0.25) is 10.0 Å². The van der Waals surface area contributed by atoms with Gasteiger partial charge >= 0.3 is 6.18 Å². The third-order valence-electron chi connectivity index (χ3n) is 2.96. The van der Waals surface area contributed by atoms with E-state index in [0.717, 1.165) is 0 Å². The van der Waals surface area contributed by atoms with Crippen molar-refractivity contribution < 1.29 is 23.4 Å². The number of aliphatic hydroxyl groups is 1. The Kier molecular flexibility index (Phi) is 5.81. The lowest BCUT2D eigenvalue weighted by Gasteiger charge is -2.15. The molecule has 1 aromatic heterocycles. The molecule has 0 aliphatic carbocycles. The maximum Gasteiger partial charge on any atom is 0.433 e. The lowest BCUT2D eigenvalue weighted by Crippen LogP contribution is -2.22. The van der Waals surface area contributed by atoms with Crippen LogP contribution in [0.4, 0.5) is 30.6 Å². The number of nitrogens with zero attached hydrogens (tertiary/aromatic N) is 2. The fraction of sp³-hybridized carbons (Fsp3) is 0.286. The molecule has 0 aliphatic rings. The number of aliphatic hydroxyl groups excluding tert-OH is 1. The van der Waals surface area contributed by atoms with Gasteiger partial charge in [0.1, 0.15) is 5.82 Å². The average molecular weight is 397 g/mol. The number of hydrogen-bond acceptors (Lipinski definition) is 6. The first-order valence-corrected chi connectivity index (χ1v) is 7.64. The first-order chi connectivity index (χ1) is 11.6. The summed E-state index contributed by atoms with van der Waals surface area (Å²) in [4.78, 5) is 7.31. The van der Waals surface area contributed by atoms with Gasteiger partial charge in [-0.2, -0.15) is 18.2 Å². The number of alkyl halides is 3. The van der Waals surface area contributed by atoms with Crippen LogP contribution in [0.3, 0.4) is 0 Å². The Balaban J connectivity index is 2.40. The van der Waals surface area contributed by atoms with Gasteiger partial charge in [-0.3, -0.25) is 0 Å². The highest BCUT2D eigenvalue weighted by atomic mass is 35.5. The van der Waals surface area contributed by atoms with Crippen molar-refractivity contribution in [2.45, 2.75) is 19.1 Å². The van der Waals surface area contributed by atoms with Gasteiger partial charge in [0.15, 0.2) is 11.4 Å². The SMILES string of the molecule is C[C@@H](CO)Nc1nc(Nc2cc(Cl)c(O)c(Cl)c2)cc(C(F)(F)F)n1. The van der Waals surface area contributed by atoms with Gasteiger partial charge in [0.2, 0.25) is 5.95 Å². The Morgan fingerprint density at radius 2 is 1.76 bits per heavy atom. The zero-order valence-electron chi connectivity index (χ0n) is 12.7. The number of anilines is 3. The second-order valence-electron chi connectivity index (χ2n) is 5.10. The monoisotopic (exact) mass is 396 g/mol. The van der Waals surface area contributed by atoms with E-state index in [2.05, 4.69) is 20.6 Å². The fourth-order valence-electron chi connectivity index (χ4n) is 1.77. The van der Waals surface area contributed by atoms with Gasteiger partial charge in [0.05, 0.1) is 16.7 Å². The summed E-state index contributed by atoms with van der Waals surface area (Å²) >= 11 is 11.6. The number of halogens is 5. The number of phenolic OH excluding ortho intramolecular Hbond substituents is 1. The predicted molar refractivity (Wildman–Crippen MR) is 88.6 cm³/mol. The molecule has 6 nitrogen and oxygen atoms in total. The lowest BCUT2D eigenvalue weighted by molar-refractivity contribution is -0.141. The van der Waals surface area contributed by atoms with Crippen LogP contribution >= 0.6 is 23.2 Å². The first kappa shape index (κ1) is 19.4. The average Bonchev–Trinajstić information content (AvgIpc) is 2.51. The van der Waals surface area contributed by atoms with Crippen molar-refractivity contribution in [3.05, 3.63) is 33.9 Å². The Labute approximate surface area is 150 Å². The quantitative estimate of drug-likeness (QED) is 0.570. The van der Waals surface area contributed by atoms with Crippen molar-refractivity contribution in [3.8, 4) is 5.75 Å². The molecule has 1 atom stereocenters. The Morgan fingerprint density at radius 1 is 1.16 bits per heavy atom. The zero-order chi connectivity index (χ0) is 18.8. The van der Waals surface area contributed by atoms with Crippen molar-refractivity contribution in [3.63, 3.8) is 0 Å². The van der Waals surface area contributed by atoms with Crippen molar-refractivity contribution >= 4 is 40.7 Å². The standard InChI is InChI=1S/C14H13Cl2F3N4O2/c1-6(5-24)20-13-22-10(14(17,18)19)4-11(23-13)21-7-2-8(15)12(25)9(16)3-7/h2-4,6,24-25H,5H2,1H3,(H2,20,21,22,23)/t6-/m0/s1. The van der Waals surface area contributed by atoms with E-state index in [4.69, 9.17) is 28.3 Å². The maximum atomic E-state index is 13.0. The minimum atomic E-state index is -4.69. The number of hydrogen-bond donors (Lipinski definition) is 4. The molecule has 0 saturated carbocycles. The highest BCUT2D eigenvalue weighted by molar-refractivity contribution is 6.37.